The molecule has 1 fully saturated rings. The molecule has 0 saturated carbocycles. The lowest BCUT2D eigenvalue weighted by Gasteiger charge is -2.40. The molecule has 2 aliphatic heterocycles. The molecule has 2 heterocycles. The number of nitrogens with zero attached hydrogens (tertiary/aromatic N) is 2. The molecule has 4 rings (SSSR count). The molecule has 0 radical (unpaired) electrons. The van der Waals surface area contributed by atoms with E-state index in [1.807, 2.05) is 60.7 Å². The topological polar surface area (TPSA) is 61.8 Å². The van der Waals surface area contributed by atoms with E-state index >= 15 is 0 Å². The van der Waals surface area contributed by atoms with Crippen molar-refractivity contribution in [3.8, 4) is 0 Å². The van der Waals surface area contributed by atoms with E-state index in [0.717, 1.165) is 5.56 Å². The van der Waals surface area contributed by atoms with E-state index < -0.39 is 5.92 Å². The lowest BCUT2D eigenvalue weighted by molar-refractivity contribution is -0.130. The van der Waals surface area contributed by atoms with Gasteiger partial charge in [-0.3, -0.25) is 14.6 Å². The summed E-state index contributed by atoms with van der Waals surface area (Å²) in [5.74, 6) is -0.599. The van der Waals surface area contributed by atoms with E-state index in [1.54, 1.807) is 0 Å². The van der Waals surface area contributed by atoms with Gasteiger partial charge in [-0.05, 0) is 24.6 Å². The highest BCUT2D eigenvalue weighted by molar-refractivity contribution is 6.24. The lowest BCUT2D eigenvalue weighted by atomic mass is 9.86. The number of ketones is 1. The van der Waals surface area contributed by atoms with Gasteiger partial charge >= 0.3 is 0 Å². The first-order valence-corrected chi connectivity index (χ1v) is 8.91. The van der Waals surface area contributed by atoms with Gasteiger partial charge in [-0.15, -0.1) is 0 Å². The average Bonchev–Trinajstić information content (AvgIpc) is 3.04. The number of amides is 1. The van der Waals surface area contributed by atoms with Crippen LogP contribution in [0.15, 0.2) is 65.7 Å². The fourth-order valence-corrected chi connectivity index (χ4v) is 3.83. The SMILES string of the molecule is CC1CN=C2C(C(=O)Nc3ccccc3)C(=O)CC(c3ccccc3)N21. The van der Waals surface area contributed by atoms with Crippen molar-refractivity contribution in [2.24, 2.45) is 10.9 Å². The van der Waals surface area contributed by atoms with Crippen LogP contribution in [0.1, 0.15) is 24.9 Å². The van der Waals surface area contributed by atoms with Crippen molar-refractivity contribution in [1.29, 1.82) is 0 Å². The number of amidine groups is 1. The first kappa shape index (κ1) is 16.5. The van der Waals surface area contributed by atoms with Crippen molar-refractivity contribution < 1.29 is 9.59 Å². The Balaban J connectivity index is 1.62. The molecule has 5 nitrogen and oxygen atoms in total. The molecule has 3 unspecified atom stereocenters. The number of anilines is 1. The first-order valence-electron chi connectivity index (χ1n) is 8.91. The highest BCUT2D eigenvalue weighted by Gasteiger charge is 2.47. The molecule has 1 amide bonds. The summed E-state index contributed by atoms with van der Waals surface area (Å²) in [5, 5.41) is 2.86. The number of aliphatic imine (C=N–C) groups is 1. The molecule has 2 aromatic rings. The third-order valence-corrected chi connectivity index (χ3v) is 5.06. The van der Waals surface area contributed by atoms with E-state index in [-0.39, 0.29) is 23.8 Å². The number of nitrogens with one attached hydrogen (secondary N) is 1. The fourth-order valence-electron chi connectivity index (χ4n) is 3.83. The van der Waals surface area contributed by atoms with Gasteiger partial charge in [0, 0.05) is 18.2 Å². The largest absolute Gasteiger partial charge is 0.347 e. The molecule has 2 aliphatic rings. The molecule has 0 spiro atoms. The molecule has 1 saturated heterocycles. The zero-order valence-corrected chi connectivity index (χ0v) is 14.6. The predicted molar refractivity (Wildman–Crippen MR) is 101 cm³/mol. The van der Waals surface area contributed by atoms with E-state index in [2.05, 4.69) is 22.1 Å². The molecule has 0 bridgehead atoms. The number of carbonyl (C=O) groups is 2. The highest BCUT2D eigenvalue weighted by Crippen LogP contribution is 2.37. The minimum atomic E-state index is -0.833. The second kappa shape index (κ2) is 6.75. The number of rotatable bonds is 3. The summed E-state index contributed by atoms with van der Waals surface area (Å²) in [6.45, 7) is 2.70. The Kier molecular flexibility index (Phi) is 4.29. The van der Waals surface area contributed by atoms with Gasteiger partial charge < -0.3 is 10.2 Å². The summed E-state index contributed by atoms with van der Waals surface area (Å²) < 4.78 is 0. The summed E-state index contributed by atoms with van der Waals surface area (Å²) >= 11 is 0. The Morgan fingerprint density at radius 1 is 1.08 bits per heavy atom. The molecule has 1 N–H and O–H groups in total. The maximum Gasteiger partial charge on any atom is 0.242 e. The third kappa shape index (κ3) is 2.90. The quantitative estimate of drug-likeness (QED) is 0.868. The van der Waals surface area contributed by atoms with Crippen LogP contribution in [0.4, 0.5) is 5.69 Å². The van der Waals surface area contributed by atoms with Crippen molar-refractivity contribution in [2.45, 2.75) is 25.4 Å². The third-order valence-electron chi connectivity index (χ3n) is 5.06. The molecule has 0 aromatic heterocycles. The van der Waals surface area contributed by atoms with E-state index in [0.29, 0.717) is 24.5 Å². The summed E-state index contributed by atoms with van der Waals surface area (Å²) in [5.41, 5.74) is 1.78. The van der Waals surface area contributed by atoms with Crippen molar-refractivity contribution in [3.05, 3.63) is 66.2 Å². The maximum atomic E-state index is 12.9. The number of carbonyl (C=O) groups excluding carboxylic acids is 2. The molecular weight excluding hydrogens is 326 g/mol. The summed E-state index contributed by atoms with van der Waals surface area (Å²) in [6.07, 6.45) is 0.320. The van der Waals surface area contributed by atoms with Crippen LogP contribution in [-0.4, -0.2) is 35.0 Å². The van der Waals surface area contributed by atoms with Crippen molar-refractivity contribution in [3.63, 3.8) is 0 Å². The smallest absolute Gasteiger partial charge is 0.242 e. The van der Waals surface area contributed by atoms with Gasteiger partial charge in [0.25, 0.3) is 0 Å². The average molecular weight is 347 g/mol. The highest BCUT2D eigenvalue weighted by atomic mass is 16.2. The number of benzene rings is 2. The zero-order chi connectivity index (χ0) is 18.1. The number of piperidine rings is 1. The number of hydrogen-bond acceptors (Lipinski definition) is 4. The summed E-state index contributed by atoms with van der Waals surface area (Å²) in [4.78, 5) is 32.5. The molecule has 26 heavy (non-hydrogen) atoms. The van der Waals surface area contributed by atoms with Crippen molar-refractivity contribution in [2.75, 3.05) is 11.9 Å². The predicted octanol–water partition coefficient (Wildman–Crippen LogP) is 3.06. The molecule has 2 aromatic carbocycles. The van der Waals surface area contributed by atoms with Crippen LogP contribution in [0.3, 0.4) is 0 Å². The lowest BCUT2D eigenvalue weighted by Crippen LogP contribution is -2.52. The van der Waals surface area contributed by atoms with Gasteiger partial charge in [0.05, 0.1) is 12.6 Å². The Labute approximate surface area is 152 Å². The standard InChI is InChI=1S/C21H21N3O2/c1-14-13-22-20-19(21(26)23-16-10-6-3-7-11-16)18(25)12-17(24(14)20)15-8-4-2-5-9-15/h2-11,14,17,19H,12-13H2,1H3,(H,23,26). The molecule has 132 valence electrons. The van der Waals surface area contributed by atoms with Gasteiger partial charge in [0.2, 0.25) is 5.91 Å². The number of hydrogen-bond donors (Lipinski definition) is 1. The van der Waals surface area contributed by atoms with Crippen LogP contribution in [0.2, 0.25) is 0 Å². The monoisotopic (exact) mass is 347 g/mol. The van der Waals surface area contributed by atoms with Crippen LogP contribution in [0.5, 0.6) is 0 Å². The van der Waals surface area contributed by atoms with Gasteiger partial charge in [-0.25, -0.2) is 0 Å². The minimum absolute atomic E-state index is 0.0549. The number of para-hydroxylation sites is 1. The normalized spacial score (nSPS) is 24.8. The van der Waals surface area contributed by atoms with Crippen LogP contribution >= 0.6 is 0 Å². The van der Waals surface area contributed by atoms with E-state index in [9.17, 15) is 9.59 Å². The Morgan fingerprint density at radius 2 is 1.73 bits per heavy atom. The Morgan fingerprint density at radius 3 is 2.42 bits per heavy atom. The van der Waals surface area contributed by atoms with Gasteiger partial charge in [-0.1, -0.05) is 48.5 Å². The fraction of sp³-hybridized carbons (Fsp3) is 0.286. The molecule has 5 heteroatoms. The minimum Gasteiger partial charge on any atom is -0.347 e. The van der Waals surface area contributed by atoms with E-state index in [1.165, 1.54) is 0 Å². The number of fused-ring (bicyclic) bond motifs is 1. The summed E-state index contributed by atoms with van der Waals surface area (Å²) in [7, 11) is 0. The number of Topliss-reactive ketones (excluding diaryl/α,β-unsaturated/α-hetero) is 1. The molecule has 3 atom stereocenters. The van der Waals surface area contributed by atoms with Crippen molar-refractivity contribution in [1.82, 2.24) is 4.90 Å². The van der Waals surface area contributed by atoms with Crippen molar-refractivity contribution >= 4 is 23.2 Å². The second-order valence-electron chi connectivity index (χ2n) is 6.84. The molecule has 0 aliphatic carbocycles. The Hall–Kier alpha value is -2.95. The maximum absolute atomic E-state index is 12.9. The van der Waals surface area contributed by atoms with Crippen LogP contribution in [0.25, 0.3) is 0 Å². The first-order chi connectivity index (χ1) is 12.6. The Bertz CT molecular complexity index is 848. The summed E-state index contributed by atoms with van der Waals surface area (Å²) in [6, 6.07) is 19.3. The second-order valence-corrected chi connectivity index (χ2v) is 6.84. The van der Waals surface area contributed by atoms with Crippen LogP contribution < -0.4 is 5.32 Å². The van der Waals surface area contributed by atoms with Gasteiger partial charge in [0.15, 0.2) is 11.7 Å². The van der Waals surface area contributed by atoms with Gasteiger partial charge in [0.1, 0.15) is 5.84 Å². The zero-order valence-electron chi connectivity index (χ0n) is 14.6. The van der Waals surface area contributed by atoms with Crippen LogP contribution in [0, 0.1) is 5.92 Å². The van der Waals surface area contributed by atoms with E-state index in [4.69, 9.17) is 0 Å². The van der Waals surface area contributed by atoms with Gasteiger partial charge in [-0.2, -0.15) is 0 Å². The van der Waals surface area contributed by atoms with Crippen LogP contribution in [-0.2, 0) is 9.59 Å². The molecular formula is C21H21N3O2.